The van der Waals surface area contributed by atoms with E-state index in [1.54, 1.807) is 19.9 Å². The van der Waals surface area contributed by atoms with Crippen LogP contribution in [-0.4, -0.2) is 44.7 Å². The van der Waals surface area contributed by atoms with Crippen molar-refractivity contribution in [2.45, 2.75) is 38.0 Å². The molecule has 0 radical (unpaired) electrons. The highest BCUT2D eigenvalue weighted by molar-refractivity contribution is 7.90. The fourth-order valence-corrected chi connectivity index (χ4v) is 3.82. The molecule has 1 fully saturated rings. The SMILES string of the molecule is CC(C)C(NC(=O)c1ccco1)C(=O)NS(=O)(=O)C1CCOCC1. The summed E-state index contributed by atoms with van der Waals surface area (Å²) in [7, 11) is -3.80. The molecule has 2 heterocycles. The summed E-state index contributed by atoms with van der Waals surface area (Å²) in [6.45, 7) is 4.13. The standard InChI is InChI=1S/C15H22N2O6S/c1-10(2)13(16-14(18)12-4-3-7-23-12)15(19)17-24(20,21)11-5-8-22-9-6-11/h3-4,7,10-11,13H,5-6,8-9H2,1-2H3,(H,16,18)(H,17,19). The van der Waals surface area contributed by atoms with E-state index in [1.807, 2.05) is 0 Å². The minimum atomic E-state index is -3.80. The van der Waals surface area contributed by atoms with Crippen molar-refractivity contribution >= 4 is 21.8 Å². The van der Waals surface area contributed by atoms with Crippen LogP contribution in [0.5, 0.6) is 0 Å². The van der Waals surface area contributed by atoms with Crippen molar-refractivity contribution in [2.75, 3.05) is 13.2 Å². The second kappa shape index (κ2) is 7.80. The molecule has 0 bridgehead atoms. The third kappa shape index (κ3) is 4.57. The summed E-state index contributed by atoms with van der Waals surface area (Å²) in [5.41, 5.74) is 0. The minimum absolute atomic E-state index is 0.0562. The quantitative estimate of drug-likeness (QED) is 0.772. The molecule has 8 nitrogen and oxygen atoms in total. The summed E-state index contributed by atoms with van der Waals surface area (Å²) in [5, 5.41) is 1.85. The highest BCUT2D eigenvalue weighted by atomic mass is 32.2. The van der Waals surface area contributed by atoms with Gasteiger partial charge >= 0.3 is 0 Å². The maximum Gasteiger partial charge on any atom is 0.287 e. The van der Waals surface area contributed by atoms with Crippen LogP contribution in [-0.2, 0) is 19.6 Å². The average molecular weight is 358 g/mol. The molecule has 1 aliphatic heterocycles. The van der Waals surface area contributed by atoms with Gasteiger partial charge in [-0.05, 0) is 30.9 Å². The summed E-state index contributed by atoms with van der Waals surface area (Å²) >= 11 is 0. The predicted molar refractivity (Wildman–Crippen MR) is 85.7 cm³/mol. The second-order valence-corrected chi connectivity index (χ2v) is 7.96. The Morgan fingerprint density at radius 3 is 2.46 bits per heavy atom. The number of carbonyl (C=O) groups is 2. The lowest BCUT2D eigenvalue weighted by Gasteiger charge is -2.25. The molecule has 0 spiro atoms. The number of furan rings is 1. The molecule has 134 valence electrons. The molecule has 0 aliphatic carbocycles. The summed E-state index contributed by atoms with van der Waals surface area (Å²) in [5.74, 6) is -1.57. The molecule has 0 aromatic carbocycles. The Hall–Kier alpha value is -1.87. The van der Waals surface area contributed by atoms with Crippen LogP contribution in [0.25, 0.3) is 0 Å². The van der Waals surface area contributed by atoms with Crippen molar-refractivity contribution in [3.63, 3.8) is 0 Å². The minimum Gasteiger partial charge on any atom is -0.459 e. The van der Waals surface area contributed by atoms with Gasteiger partial charge in [0, 0.05) is 13.2 Å². The van der Waals surface area contributed by atoms with Crippen molar-refractivity contribution in [1.29, 1.82) is 0 Å². The van der Waals surface area contributed by atoms with Gasteiger partial charge < -0.3 is 14.5 Å². The van der Waals surface area contributed by atoms with E-state index in [-0.39, 0.29) is 11.7 Å². The van der Waals surface area contributed by atoms with Gasteiger partial charge in [-0.1, -0.05) is 13.8 Å². The molecule has 9 heteroatoms. The van der Waals surface area contributed by atoms with E-state index in [1.165, 1.54) is 12.3 Å². The number of ether oxygens (including phenoxy) is 1. The van der Waals surface area contributed by atoms with Crippen LogP contribution in [0.2, 0.25) is 0 Å². The number of rotatable bonds is 6. The zero-order valence-electron chi connectivity index (χ0n) is 13.7. The van der Waals surface area contributed by atoms with Crippen LogP contribution < -0.4 is 10.0 Å². The first kappa shape index (κ1) is 18.5. The van der Waals surface area contributed by atoms with Gasteiger partial charge in [0.15, 0.2) is 5.76 Å². The van der Waals surface area contributed by atoms with Crippen molar-refractivity contribution in [3.05, 3.63) is 24.2 Å². The maximum absolute atomic E-state index is 12.4. The Kier molecular flexibility index (Phi) is 6.00. The van der Waals surface area contributed by atoms with Crippen LogP contribution in [0.3, 0.4) is 0 Å². The van der Waals surface area contributed by atoms with E-state index in [0.29, 0.717) is 26.1 Å². The molecule has 2 N–H and O–H groups in total. The molecule has 1 saturated heterocycles. The topological polar surface area (TPSA) is 115 Å². The molecular weight excluding hydrogens is 336 g/mol. The summed E-state index contributed by atoms with van der Waals surface area (Å²) in [4.78, 5) is 24.4. The number of carbonyl (C=O) groups excluding carboxylic acids is 2. The van der Waals surface area contributed by atoms with Gasteiger partial charge in [0.25, 0.3) is 11.8 Å². The molecule has 2 amide bonds. The summed E-state index contributed by atoms with van der Waals surface area (Å²) in [6.07, 6.45) is 2.02. The fraction of sp³-hybridized carbons (Fsp3) is 0.600. The van der Waals surface area contributed by atoms with Crippen LogP contribution >= 0.6 is 0 Å². The Morgan fingerprint density at radius 1 is 1.25 bits per heavy atom. The first-order chi connectivity index (χ1) is 11.3. The summed E-state index contributed by atoms with van der Waals surface area (Å²) in [6, 6.07) is 2.02. The Balaban J connectivity index is 2.04. The predicted octanol–water partition coefficient (Wildman–Crippen LogP) is 0.659. The fourth-order valence-electron chi connectivity index (χ4n) is 2.43. The number of nitrogens with one attached hydrogen (secondary N) is 2. The van der Waals surface area contributed by atoms with Gasteiger partial charge in [-0.3, -0.25) is 14.3 Å². The molecule has 1 aromatic heterocycles. The smallest absolute Gasteiger partial charge is 0.287 e. The summed E-state index contributed by atoms with van der Waals surface area (Å²) < 4.78 is 36.8. The zero-order valence-corrected chi connectivity index (χ0v) is 14.5. The highest BCUT2D eigenvalue weighted by Gasteiger charge is 2.33. The second-order valence-electron chi connectivity index (χ2n) is 6.00. The van der Waals surface area contributed by atoms with Crippen LogP contribution in [0.15, 0.2) is 22.8 Å². The van der Waals surface area contributed by atoms with Gasteiger partial charge in [-0.15, -0.1) is 0 Å². The monoisotopic (exact) mass is 358 g/mol. The van der Waals surface area contributed by atoms with Gasteiger partial charge in [0.2, 0.25) is 10.0 Å². The van der Waals surface area contributed by atoms with Gasteiger partial charge in [0.05, 0.1) is 11.5 Å². The largest absolute Gasteiger partial charge is 0.459 e. The molecule has 24 heavy (non-hydrogen) atoms. The van der Waals surface area contributed by atoms with E-state index in [0.717, 1.165) is 0 Å². The third-order valence-corrected chi connectivity index (χ3v) is 5.67. The lowest BCUT2D eigenvalue weighted by Crippen LogP contribution is -2.53. The first-order valence-corrected chi connectivity index (χ1v) is 9.33. The number of hydrogen-bond acceptors (Lipinski definition) is 6. The molecule has 1 aromatic rings. The average Bonchev–Trinajstić information content (AvgIpc) is 3.07. The van der Waals surface area contributed by atoms with E-state index in [2.05, 4.69) is 10.0 Å². The normalized spacial score (nSPS) is 17.5. The number of sulfonamides is 1. The van der Waals surface area contributed by atoms with E-state index in [9.17, 15) is 18.0 Å². The highest BCUT2D eigenvalue weighted by Crippen LogP contribution is 2.15. The lowest BCUT2D eigenvalue weighted by molar-refractivity contribution is -0.122. The Morgan fingerprint density at radius 2 is 1.92 bits per heavy atom. The molecule has 1 atom stereocenters. The molecule has 1 unspecified atom stereocenters. The van der Waals surface area contributed by atoms with Crippen molar-refractivity contribution in [3.8, 4) is 0 Å². The zero-order chi connectivity index (χ0) is 17.7. The van der Waals surface area contributed by atoms with Gasteiger partial charge in [-0.2, -0.15) is 0 Å². The van der Waals surface area contributed by atoms with E-state index >= 15 is 0 Å². The van der Waals surface area contributed by atoms with Crippen LogP contribution in [0.1, 0.15) is 37.2 Å². The van der Waals surface area contributed by atoms with Crippen LogP contribution in [0.4, 0.5) is 0 Å². The lowest BCUT2D eigenvalue weighted by atomic mass is 10.0. The number of hydrogen-bond donors (Lipinski definition) is 2. The van der Waals surface area contributed by atoms with Crippen molar-refractivity contribution in [2.24, 2.45) is 5.92 Å². The van der Waals surface area contributed by atoms with Crippen LogP contribution in [0, 0.1) is 5.92 Å². The Labute approximate surface area is 141 Å². The molecular formula is C15H22N2O6S. The molecule has 0 saturated carbocycles. The Bertz CT molecular complexity index is 662. The third-order valence-electron chi connectivity index (χ3n) is 3.83. The van der Waals surface area contributed by atoms with E-state index in [4.69, 9.17) is 9.15 Å². The first-order valence-electron chi connectivity index (χ1n) is 7.79. The number of amides is 2. The molecule has 1 aliphatic rings. The van der Waals surface area contributed by atoms with Gasteiger partial charge in [-0.25, -0.2) is 8.42 Å². The van der Waals surface area contributed by atoms with Crippen molar-refractivity contribution in [1.82, 2.24) is 10.0 Å². The van der Waals surface area contributed by atoms with Crippen molar-refractivity contribution < 1.29 is 27.2 Å². The van der Waals surface area contributed by atoms with E-state index < -0.39 is 33.1 Å². The maximum atomic E-state index is 12.4. The molecule has 2 rings (SSSR count). The van der Waals surface area contributed by atoms with Gasteiger partial charge in [0.1, 0.15) is 6.04 Å².